The maximum atomic E-state index is 14.6. The van der Waals surface area contributed by atoms with Gasteiger partial charge in [0.2, 0.25) is 0 Å². The van der Waals surface area contributed by atoms with E-state index in [-0.39, 0.29) is 11.6 Å². The summed E-state index contributed by atoms with van der Waals surface area (Å²) in [7, 11) is 0. The first-order valence-electron chi connectivity index (χ1n) is 7.78. The summed E-state index contributed by atoms with van der Waals surface area (Å²) in [6, 6.07) is 7.61. The first-order chi connectivity index (χ1) is 10.2. The fraction of sp³-hybridized carbons (Fsp3) is 0.368. The Balaban J connectivity index is 2.09. The van der Waals surface area contributed by atoms with Crippen LogP contribution < -0.4 is 0 Å². The smallest absolute Gasteiger partial charge is 0.130 e. The Morgan fingerprint density at radius 2 is 1.19 bits per heavy atom. The van der Waals surface area contributed by atoms with E-state index in [1.807, 2.05) is 38.1 Å². The molecule has 0 fully saturated rings. The van der Waals surface area contributed by atoms with Gasteiger partial charge in [-0.15, -0.1) is 0 Å². The molecular formula is C19H20F2. The van der Waals surface area contributed by atoms with Gasteiger partial charge in [0, 0.05) is 17.5 Å². The zero-order chi connectivity index (χ0) is 15.0. The second kappa shape index (κ2) is 5.59. The largest absolute Gasteiger partial charge is 0.206 e. The Kier molecular flexibility index (Phi) is 3.79. The van der Waals surface area contributed by atoms with Crippen LogP contribution in [0.1, 0.15) is 48.9 Å². The van der Waals surface area contributed by atoms with Gasteiger partial charge >= 0.3 is 0 Å². The fourth-order valence-corrected chi connectivity index (χ4v) is 3.29. The second-order valence-electron chi connectivity index (χ2n) is 5.81. The van der Waals surface area contributed by atoms with Crippen molar-refractivity contribution in [3.05, 3.63) is 58.2 Å². The molecule has 21 heavy (non-hydrogen) atoms. The molecule has 0 aromatic heterocycles. The molecule has 110 valence electrons. The number of rotatable bonds is 4. The predicted octanol–water partition coefficient (Wildman–Crippen LogP) is 5.44. The van der Waals surface area contributed by atoms with Gasteiger partial charge in [-0.2, -0.15) is 0 Å². The third-order valence-corrected chi connectivity index (χ3v) is 4.33. The molecule has 0 spiro atoms. The molecule has 0 amide bonds. The Hall–Kier alpha value is -1.70. The van der Waals surface area contributed by atoms with Crippen LogP contribution in [0.2, 0.25) is 0 Å². The molecule has 0 aliphatic heterocycles. The van der Waals surface area contributed by atoms with E-state index in [1.165, 1.54) is 0 Å². The van der Waals surface area contributed by atoms with Gasteiger partial charge in [0.25, 0.3) is 0 Å². The summed E-state index contributed by atoms with van der Waals surface area (Å²) < 4.78 is 29.2. The minimum atomic E-state index is -0.137. The summed E-state index contributed by atoms with van der Waals surface area (Å²) in [6.45, 7) is 4.08. The molecule has 0 saturated heterocycles. The maximum absolute atomic E-state index is 14.6. The quantitative estimate of drug-likeness (QED) is 0.599. The van der Waals surface area contributed by atoms with Crippen LogP contribution in [0, 0.1) is 11.6 Å². The summed E-state index contributed by atoms with van der Waals surface area (Å²) in [5, 5.41) is 0. The van der Waals surface area contributed by atoms with E-state index in [1.54, 1.807) is 0 Å². The molecule has 2 aromatic carbocycles. The lowest BCUT2D eigenvalue weighted by atomic mass is 9.99. The molecule has 2 heteroatoms. The lowest BCUT2D eigenvalue weighted by Crippen LogP contribution is -1.97. The zero-order valence-corrected chi connectivity index (χ0v) is 12.6. The van der Waals surface area contributed by atoms with Crippen LogP contribution in [0.15, 0.2) is 24.3 Å². The summed E-state index contributed by atoms with van der Waals surface area (Å²) in [5.41, 5.74) is 4.57. The molecule has 1 aliphatic carbocycles. The van der Waals surface area contributed by atoms with Crippen molar-refractivity contribution in [2.75, 3.05) is 0 Å². The Morgan fingerprint density at radius 1 is 0.762 bits per heavy atom. The lowest BCUT2D eigenvalue weighted by molar-refractivity contribution is 0.585. The van der Waals surface area contributed by atoms with Crippen molar-refractivity contribution in [2.45, 2.75) is 46.0 Å². The summed E-state index contributed by atoms with van der Waals surface area (Å²) in [4.78, 5) is 0. The first-order valence-corrected chi connectivity index (χ1v) is 7.78. The van der Waals surface area contributed by atoms with Gasteiger partial charge in [-0.1, -0.05) is 51.0 Å². The highest BCUT2D eigenvalue weighted by molar-refractivity contribution is 5.78. The molecule has 3 rings (SSSR count). The van der Waals surface area contributed by atoms with E-state index in [4.69, 9.17) is 0 Å². The molecule has 1 aliphatic rings. The van der Waals surface area contributed by atoms with Crippen molar-refractivity contribution in [1.82, 2.24) is 0 Å². The van der Waals surface area contributed by atoms with E-state index in [0.717, 1.165) is 47.9 Å². The summed E-state index contributed by atoms with van der Waals surface area (Å²) in [6.07, 6.45) is 3.69. The van der Waals surface area contributed by atoms with Gasteiger partial charge in [-0.05, 0) is 35.1 Å². The molecule has 2 aromatic rings. The molecular weight excluding hydrogens is 266 g/mol. The number of hydrogen-bond donors (Lipinski definition) is 0. The van der Waals surface area contributed by atoms with Crippen molar-refractivity contribution in [3.8, 4) is 11.1 Å². The van der Waals surface area contributed by atoms with Crippen LogP contribution in [0.4, 0.5) is 8.78 Å². The van der Waals surface area contributed by atoms with Crippen molar-refractivity contribution >= 4 is 0 Å². The molecule has 0 bridgehead atoms. The monoisotopic (exact) mass is 286 g/mol. The Bertz CT molecular complexity index is 627. The van der Waals surface area contributed by atoms with Crippen LogP contribution in [-0.2, 0) is 19.3 Å². The molecule has 0 radical (unpaired) electrons. The van der Waals surface area contributed by atoms with Gasteiger partial charge in [-0.3, -0.25) is 0 Å². The predicted molar refractivity (Wildman–Crippen MR) is 82.6 cm³/mol. The first kappa shape index (κ1) is 14.2. The molecule has 0 N–H and O–H groups in total. The SMILES string of the molecule is CCCc1ccc2c(c1F)Cc1c-2ccc(CCC)c1F. The maximum Gasteiger partial charge on any atom is 0.130 e. The van der Waals surface area contributed by atoms with E-state index in [0.29, 0.717) is 17.5 Å². The molecule has 0 unspecified atom stereocenters. The summed E-state index contributed by atoms with van der Waals surface area (Å²) in [5.74, 6) is -0.274. The van der Waals surface area contributed by atoms with Crippen LogP contribution >= 0.6 is 0 Å². The van der Waals surface area contributed by atoms with Crippen LogP contribution in [0.5, 0.6) is 0 Å². The van der Waals surface area contributed by atoms with E-state index < -0.39 is 0 Å². The van der Waals surface area contributed by atoms with Gasteiger partial charge in [0.05, 0.1) is 0 Å². The average molecular weight is 286 g/mol. The third-order valence-electron chi connectivity index (χ3n) is 4.33. The Morgan fingerprint density at radius 3 is 1.57 bits per heavy atom. The van der Waals surface area contributed by atoms with Crippen molar-refractivity contribution in [1.29, 1.82) is 0 Å². The normalized spacial score (nSPS) is 12.4. The minimum Gasteiger partial charge on any atom is -0.206 e. The number of hydrogen-bond acceptors (Lipinski definition) is 0. The van der Waals surface area contributed by atoms with Crippen molar-refractivity contribution < 1.29 is 8.78 Å². The van der Waals surface area contributed by atoms with Crippen molar-refractivity contribution in [3.63, 3.8) is 0 Å². The van der Waals surface area contributed by atoms with E-state index in [2.05, 4.69) is 0 Å². The van der Waals surface area contributed by atoms with Crippen LogP contribution in [0.3, 0.4) is 0 Å². The average Bonchev–Trinajstić information content (AvgIpc) is 2.86. The number of fused-ring (bicyclic) bond motifs is 3. The zero-order valence-electron chi connectivity index (χ0n) is 12.6. The van der Waals surface area contributed by atoms with Gasteiger partial charge < -0.3 is 0 Å². The third kappa shape index (κ3) is 2.27. The van der Waals surface area contributed by atoms with Crippen molar-refractivity contribution in [2.24, 2.45) is 0 Å². The molecule has 0 heterocycles. The molecule has 0 nitrogen and oxygen atoms in total. The Labute approximate surface area is 124 Å². The summed E-state index contributed by atoms with van der Waals surface area (Å²) >= 11 is 0. The fourth-order valence-electron chi connectivity index (χ4n) is 3.29. The topological polar surface area (TPSA) is 0 Å². The van der Waals surface area contributed by atoms with Crippen LogP contribution in [0.25, 0.3) is 11.1 Å². The highest BCUT2D eigenvalue weighted by Gasteiger charge is 2.26. The highest BCUT2D eigenvalue weighted by Crippen LogP contribution is 2.41. The lowest BCUT2D eigenvalue weighted by Gasteiger charge is -2.07. The van der Waals surface area contributed by atoms with E-state index in [9.17, 15) is 8.78 Å². The number of benzene rings is 2. The number of aryl methyl sites for hydroxylation is 2. The number of halogens is 2. The van der Waals surface area contributed by atoms with Gasteiger partial charge in [-0.25, -0.2) is 8.78 Å². The molecule has 0 atom stereocenters. The van der Waals surface area contributed by atoms with Gasteiger partial charge in [0.15, 0.2) is 0 Å². The van der Waals surface area contributed by atoms with E-state index >= 15 is 0 Å². The molecule has 0 saturated carbocycles. The van der Waals surface area contributed by atoms with Gasteiger partial charge in [0.1, 0.15) is 11.6 Å². The highest BCUT2D eigenvalue weighted by atomic mass is 19.1. The second-order valence-corrected chi connectivity index (χ2v) is 5.81. The minimum absolute atomic E-state index is 0.137. The standard InChI is InChI=1S/C19H20F2/c1-3-5-12-7-9-14-15-10-8-13(6-4-2)19(21)17(15)11-16(14)18(12)20/h7-10H,3-6,11H2,1-2H3. The van der Waals surface area contributed by atoms with Crippen LogP contribution in [-0.4, -0.2) is 0 Å².